The molecule has 0 aliphatic carbocycles. The molecule has 5 heteroatoms. The van der Waals surface area contributed by atoms with Crippen molar-refractivity contribution < 1.29 is 25.2 Å². The number of ether oxygens (including phenoxy) is 1. The molecule has 0 bridgehead atoms. The van der Waals surface area contributed by atoms with Crippen LogP contribution >= 0.6 is 0 Å². The Hall–Kier alpha value is -0.940. The normalized spacial score (nSPS) is 32.6. The van der Waals surface area contributed by atoms with Gasteiger partial charge in [0.25, 0.3) is 0 Å². The number of rotatable bonds is 1. The highest BCUT2D eigenvalue weighted by Crippen LogP contribution is 2.20. The van der Waals surface area contributed by atoms with Crippen LogP contribution in [0.5, 0.6) is 0 Å². The Morgan fingerprint density at radius 2 is 2.00 bits per heavy atom. The predicted molar refractivity (Wildman–Crippen MR) is 30.2 cm³/mol. The summed E-state index contributed by atoms with van der Waals surface area (Å²) in [6.45, 7) is -0.449. The largest absolute Gasteiger partial charge is 0.504 e. The lowest BCUT2D eigenvalue weighted by atomic mass is 10.2. The van der Waals surface area contributed by atoms with Crippen LogP contribution in [0.25, 0.3) is 0 Å². The van der Waals surface area contributed by atoms with Crippen molar-refractivity contribution in [2.75, 3.05) is 6.61 Å². The van der Waals surface area contributed by atoms with E-state index in [1.165, 1.54) is 0 Å². The molecule has 1 rings (SSSR count). The van der Waals surface area contributed by atoms with Crippen molar-refractivity contribution in [2.24, 2.45) is 0 Å². The van der Waals surface area contributed by atoms with Crippen molar-refractivity contribution in [3.63, 3.8) is 0 Å². The first-order valence-electron chi connectivity index (χ1n) is 2.74. The van der Waals surface area contributed by atoms with E-state index in [1.807, 2.05) is 0 Å². The Morgan fingerprint density at radius 1 is 1.40 bits per heavy atom. The van der Waals surface area contributed by atoms with Gasteiger partial charge in [0, 0.05) is 0 Å². The van der Waals surface area contributed by atoms with Crippen LogP contribution < -0.4 is 0 Å². The molecule has 0 unspecified atom stereocenters. The van der Waals surface area contributed by atoms with Crippen molar-refractivity contribution in [3.8, 4) is 0 Å². The molecule has 5 nitrogen and oxygen atoms in total. The molecule has 0 radical (unpaired) electrons. The van der Waals surface area contributed by atoms with Crippen LogP contribution in [0.1, 0.15) is 0 Å². The van der Waals surface area contributed by atoms with E-state index in [4.69, 9.17) is 20.4 Å². The monoisotopic (exact) mass is 148 g/mol. The van der Waals surface area contributed by atoms with Gasteiger partial charge in [-0.15, -0.1) is 0 Å². The molecule has 58 valence electrons. The van der Waals surface area contributed by atoms with Crippen LogP contribution in [-0.2, 0) is 4.74 Å². The maximum atomic E-state index is 8.88. The minimum Gasteiger partial charge on any atom is -0.504 e. The summed E-state index contributed by atoms with van der Waals surface area (Å²) >= 11 is 0. The number of aliphatic hydroxyl groups excluding tert-OH is 4. The highest BCUT2D eigenvalue weighted by Gasteiger charge is 2.35. The molecule has 0 saturated heterocycles. The van der Waals surface area contributed by atoms with Crippen LogP contribution in [0.3, 0.4) is 0 Å². The van der Waals surface area contributed by atoms with Crippen LogP contribution in [0.4, 0.5) is 0 Å². The second kappa shape index (κ2) is 2.36. The zero-order chi connectivity index (χ0) is 7.72. The van der Waals surface area contributed by atoms with Crippen LogP contribution in [-0.4, -0.2) is 39.2 Å². The first kappa shape index (κ1) is 7.17. The maximum absolute atomic E-state index is 8.88. The highest BCUT2D eigenvalue weighted by molar-refractivity contribution is 5.07. The molecule has 2 atom stereocenters. The topological polar surface area (TPSA) is 90.2 Å². The second-order valence-electron chi connectivity index (χ2n) is 1.97. The van der Waals surface area contributed by atoms with Crippen LogP contribution in [0.2, 0.25) is 0 Å². The molecule has 0 aromatic carbocycles. The fourth-order valence-electron chi connectivity index (χ4n) is 0.708. The molecule has 10 heavy (non-hydrogen) atoms. The van der Waals surface area contributed by atoms with E-state index in [2.05, 4.69) is 4.74 Å². The third kappa shape index (κ3) is 0.891. The fourth-order valence-corrected chi connectivity index (χ4v) is 0.708. The van der Waals surface area contributed by atoms with E-state index in [-0.39, 0.29) is 0 Å². The molecule has 1 aliphatic rings. The third-order valence-corrected chi connectivity index (χ3v) is 1.29. The van der Waals surface area contributed by atoms with Crippen molar-refractivity contribution in [1.82, 2.24) is 0 Å². The highest BCUT2D eigenvalue weighted by atomic mass is 16.6. The van der Waals surface area contributed by atoms with Gasteiger partial charge in [-0.2, -0.15) is 0 Å². The van der Waals surface area contributed by atoms with Crippen LogP contribution in [0, 0.1) is 0 Å². The molecular weight excluding hydrogens is 140 g/mol. The third-order valence-electron chi connectivity index (χ3n) is 1.29. The average Bonchev–Trinajstić information content (AvgIpc) is 2.17. The molecule has 0 spiro atoms. The minimum atomic E-state index is -1.31. The van der Waals surface area contributed by atoms with Gasteiger partial charge in [0.05, 0.1) is 6.61 Å². The quantitative estimate of drug-likeness (QED) is 0.384. The summed E-state index contributed by atoms with van der Waals surface area (Å²) in [6.07, 6.45) is -2.26. The SMILES string of the molecule is OC[C@H]1OC(O)=C(O)[C@H]1O. The van der Waals surface area contributed by atoms with Crippen molar-refractivity contribution in [3.05, 3.63) is 11.7 Å². The number of hydrogen-bond acceptors (Lipinski definition) is 5. The molecule has 0 saturated carbocycles. The maximum Gasteiger partial charge on any atom is 0.319 e. The average molecular weight is 148 g/mol. The molecule has 0 aromatic heterocycles. The Labute approximate surface area is 56.8 Å². The molecular formula is C5H8O5. The van der Waals surface area contributed by atoms with E-state index in [1.54, 1.807) is 0 Å². The first-order valence-corrected chi connectivity index (χ1v) is 2.74. The standard InChI is InChI=1S/C5H8O5/c6-1-2-3(7)4(8)5(9)10-2/h2-3,6-9H,1H2/t2-,3+/m1/s1. The second-order valence-corrected chi connectivity index (χ2v) is 1.97. The van der Waals surface area contributed by atoms with Gasteiger partial charge in [-0.1, -0.05) is 0 Å². The summed E-state index contributed by atoms with van der Waals surface area (Å²) in [7, 11) is 0. The van der Waals surface area contributed by atoms with Gasteiger partial charge in [0.15, 0.2) is 12.2 Å². The molecule has 0 aromatic rings. The zero-order valence-electron chi connectivity index (χ0n) is 5.06. The van der Waals surface area contributed by atoms with Gasteiger partial charge >= 0.3 is 5.95 Å². The molecule has 4 N–H and O–H groups in total. The Morgan fingerprint density at radius 3 is 2.20 bits per heavy atom. The Bertz CT molecular complexity index is 163. The summed E-state index contributed by atoms with van der Waals surface area (Å²) in [5.74, 6) is -1.34. The minimum absolute atomic E-state index is 0.449. The van der Waals surface area contributed by atoms with E-state index in [9.17, 15) is 0 Å². The smallest absolute Gasteiger partial charge is 0.319 e. The number of aliphatic hydroxyl groups is 4. The summed E-state index contributed by atoms with van der Waals surface area (Å²) in [6, 6.07) is 0. The van der Waals surface area contributed by atoms with Gasteiger partial charge in [-0.25, -0.2) is 0 Å². The molecule has 1 heterocycles. The van der Waals surface area contributed by atoms with Gasteiger partial charge in [0.2, 0.25) is 5.76 Å². The van der Waals surface area contributed by atoms with Crippen molar-refractivity contribution in [1.29, 1.82) is 0 Å². The first-order chi connectivity index (χ1) is 4.66. The number of hydrogen-bond donors (Lipinski definition) is 4. The van der Waals surface area contributed by atoms with Gasteiger partial charge in [-0.05, 0) is 0 Å². The summed E-state index contributed by atoms with van der Waals surface area (Å²) in [5.41, 5.74) is 0. The lowest BCUT2D eigenvalue weighted by Gasteiger charge is -2.09. The van der Waals surface area contributed by atoms with E-state index in [0.717, 1.165) is 0 Å². The van der Waals surface area contributed by atoms with E-state index < -0.39 is 30.5 Å². The molecule has 1 aliphatic heterocycles. The Kier molecular flexibility index (Phi) is 1.69. The Balaban J connectivity index is 2.67. The summed E-state index contributed by atoms with van der Waals surface area (Å²) < 4.78 is 4.42. The molecule has 0 fully saturated rings. The molecule has 0 amide bonds. The lowest BCUT2D eigenvalue weighted by Crippen LogP contribution is -2.27. The zero-order valence-corrected chi connectivity index (χ0v) is 5.06. The van der Waals surface area contributed by atoms with Crippen LogP contribution in [0.15, 0.2) is 11.7 Å². The van der Waals surface area contributed by atoms with E-state index >= 15 is 0 Å². The van der Waals surface area contributed by atoms with Crippen molar-refractivity contribution in [2.45, 2.75) is 12.2 Å². The summed E-state index contributed by atoms with van der Waals surface area (Å²) in [4.78, 5) is 0. The van der Waals surface area contributed by atoms with Gasteiger partial charge in [0.1, 0.15) is 0 Å². The van der Waals surface area contributed by atoms with E-state index in [0.29, 0.717) is 0 Å². The van der Waals surface area contributed by atoms with Gasteiger partial charge in [-0.3, -0.25) is 0 Å². The lowest BCUT2D eigenvalue weighted by molar-refractivity contribution is -0.0223. The van der Waals surface area contributed by atoms with Gasteiger partial charge < -0.3 is 25.2 Å². The summed E-state index contributed by atoms with van der Waals surface area (Å²) in [5, 5.41) is 34.6. The predicted octanol–water partition coefficient (Wildman–Crippen LogP) is -0.977. The fraction of sp³-hybridized carbons (Fsp3) is 0.600. The van der Waals surface area contributed by atoms with Crippen molar-refractivity contribution >= 4 is 0 Å².